The first kappa shape index (κ1) is 22.4. The summed E-state index contributed by atoms with van der Waals surface area (Å²) in [6, 6.07) is 4.49. The Morgan fingerprint density at radius 3 is 2.41 bits per heavy atom. The molecule has 12 heteroatoms. The van der Waals surface area contributed by atoms with Crippen LogP contribution in [0.2, 0.25) is 0 Å². The zero-order valence-electron chi connectivity index (χ0n) is 15.5. The van der Waals surface area contributed by atoms with Gasteiger partial charge < -0.3 is 39.4 Å². The fourth-order valence-electron chi connectivity index (χ4n) is 2.51. The maximum atomic E-state index is 12.1. The zero-order chi connectivity index (χ0) is 21.7. The SMILES string of the molecule is COc1cc(COC(C)=O)ccc1NC(=O)O[C@@H]1O[C@H](C(=O)O)[C@@H](O)[C@H](O)[C@H]1O. The van der Waals surface area contributed by atoms with Crippen molar-refractivity contribution in [2.75, 3.05) is 12.4 Å². The molecule has 0 aromatic heterocycles. The van der Waals surface area contributed by atoms with Crippen LogP contribution in [0.25, 0.3) is 0 Å². The average Bonchev–Trinajstić information content (AvgIpc) is 2.67. The molecule has 5 atom stereocenters. The Morgan fingerprint density at radius 1 is 1.14 bits per heavy atom. The van der Waals surface area contributed by atoms with Gasteiger partial charge in [0.25, 0.3) is 0 Å². The number of aliphatic hydroxyl groups excluding tert-OH is 3. The van der Waals surface area contributed by atoms with E-state index in [1.54, 1.807) is 6.07 Å². The summed E-state index contributed by atoms with van der Waals surface area (Å²) in [5, 5.41) is 40.5. The lowest BCUT2D eigenvalue weighted by atomic mass is 9.99. The highest BCUT2D eigenvalue weighted by Crippen LogP contribution is 2.27. The number of anilines is 1. The second-order valence-corrected chi connectivity index (χ2v) is 6.08. The van der Waals surface area contributed by atoms with E-state index in [4.69, 9.17) is 24.1 Å². The van der Waals surface area contributed by atoms with E-state index in [1.165, 1.54) is 26.2 Å². The number of aliphatic hydroxyl groups is 3. The average molecular weight is 415 g/mol. The van der Waals surface area contributed by atoms with Crippen LogP contribution >= 0.6 is 0 Å². The number of nitrogens with one attached hydrogen (secondary N) is 1. The van der Waals surface area contributed by atoms with Crippen molar-refractivity contribution in [2.24, 2.45) is 0 Å². The minimum atomic E-state index is -1.91. The molecule has 0 saturated carbocycles. The van der Waals surface area contributed by atoms with Gasteiger partial charge >= 0.3 is 18.0 Å². The van der Waals surface area contributed by atoms with E-state index in [-0.39, 0.29) is 18.0 Å². The van der Waals surface area contributed by atoms with E-state index < -0.39 is 48.7 Å². The van der Waals surface area contributed by atoms with Crippen molar-refractivity contribution in [1.29, 1.82) is 0 Å². The summed E-state index contributed by atoms with van der Waals surface area (Å²) in [6.45, 7) is 1.26. The molecule has 1 amide bonds. The number of benzene rings is 1. The fourth-order valence-corrected chi connectivity index (χ4v) is 2.51. The van der Waals surface area contributed by atoms with Crippen molar-refractivity contribution in [3.63, 3.8) is 0 Å². The van der Waals surface area contributed by atoms with Gasteiger partial charge in [-0.3, -0.25) is 10.1 Å². The van der Waals surface area contributed by atoms with Gasteiger partial charge in [0, 0.05) is 6.92 Å². The quantitative estimate of drug-likeness (QED) is 0.367. The number of carbonyl (C=O) groups is 3. The largest absolute Gasteiger partial charge is 0.495 e. The third kappa shape index (κ3) is 5.54. The number of carboxylic acids is 1. The lowest BCUT2D eigenvalue weighted by Crippen LogP contribution is -2.60. The maximum absolute atomic E-state index is 12.1. The summed E-state index contributed by atoms with van der Waals surface area (Å²) in [6.07, 6.45) is -10.6. The van der Waals surface area contributed by atoms with Crippen LogP contribution in [0.5, 0.6) is 5.75 Å². The number of amides is 1. The van der Waals surface area contributed by atoms with E-state index in [0.717, 1.165) is 0 Å². The van der Waals surface area contributed by atoms with E-state index >= 15 is 0 Å². The molecule has 0 unspecified atom stereocenters. The van der Waals surface area contributed by atoms with Gasteiger partial charge in [0.1, 0.15) is 30.7 Å². The molecule has 12 nitrogen and oxygen atoms in total. The second-order valence-electron chi connectivity index (χ2n) is 6.08. The third-order valence-electron chi connectivity index (χ3n) is 3.98. The second kappa shape index (κ2) is 9.52. The molecule has 1 heterocycles. The summed E-state index contributed by atoms with van der Waals surface area (Å²) >= 11 is 0. The molecule has 2 rings (SSSR count). The predicted octanol–water partition coefficient (Wildman–Crippen LogP) is -0.801. The lowest BCUT2D eigenvalue weighted by Gasteiger charge is -2.37. The Bertz CT molecular complexity index is 768. The Hall–Kier alpha value is -2.93. The van der Waals surface area contributed by atoms with Gasteiger partial charge in [-0.15, -0.1) is 0 Å². The Morgan fingerprint density at radius 2 is 1.83 bits per heavy atom. The van der Waals surface area contributed by atoms with Crippen LogP contribution in [0, 0.1) is 0 Å². The van der Waals surface area contributed by atoms with Gasteiger partial charge in [-0.25, -0.2) is 9.59 Å². The number of hydrogen-bond donors (Lipinski definition) is 5. The van der Waals surface area contributed by atoms with Crippen LogP contribution in [0.3, 0.4) is 0 Å². The highest BCUT2D eigenvalue weighted by Gasteiger charge is 2.48. The van der Waals surface area contributed by atoms with E-state index in [0.29, 0.717) is 5.56 Å². The number of ether oxygens (including phenoxy) is 4. The monoisotopic (exact) mass is 415 g/mol. The first-order valence-electron chi connectivity index (χ1n) is 8.34. The number of carboxylic acid groups (broad SMARTS) is 1. The molecule has 1 aromatic carbocycles. The normalized spacial score (nSPS) is 26.3. The molecule has 5 N–H and O–H groups in total. The van der Waals surface area contributed by atoms with Crippen molar-refractivity contribution >= 4 is 23.7 Å². The summed E-state index contributed by atoms with van der Waals surface area (Å²) in [5.41, 5.74) is 0.744. The van der Waals surface area contributed by atoms with Crippen LogP contribution in [-0.2, 0) is 30.4 Å². The molecule has 1 aliphatic heterocycles. The van der Waals surface area contributed by atoms with Crippen LogP contribution in [0.15, 0.2) is 18.2 Å². The highest BCUT2D eigenvalue weighted by atomic mass is 16.7. The third-order valence-corrected chi connectivity index (χ3v) is 3.98. The molecule has 0 spiro atoms. The summed E-state index contributed by atoms with van der Waals surface area (Å²) in [4.78, 5) is 34.1. The number of hydrogen-bond acceptors (Lipinski definition) is 10. The molecule has 0 bridgehead atoms. The topological polar surface area (TPSA) is 181 Å². The number of rotatable bonds is 6. The van der Waals surface area contributed by atoms with Crippen LogP contribution < -0.4 is 10.1 Å². The molecule has 0 aliphatic carbocycles. The summed E-state index contributed by atoms with van der Waals surface area (Å²) in [7, 11) is 1.34. The first-order valence-corrected chi connectivity index (χ1v) is 8.34. The van der Waals surface area contributed by atoms with Gasteiger partial charge in [-0.1, -0.05) is 6.07 Å². The van der Waals surface area contributed by atoms with Crippen molar-refractivity contribution in [3.8, 4) is 5.75 Å². The van der Waals surface area contributed by atoms with Crippen molar-refractivity contribution in [3.05, 3.63) is 23.8 Å². The summed E-state index contributed by atoms with van der Waals surface area (Å²) < 4.78 is 19.7. The summed E-state index contributed by atoms with van der Waals surface area (Å²) in [5.74, 6) is -1.87. The Labute approximate surface area is 164 Å². The van der Waals surface area contributed by atoms with Crippen molar-refractivity contribution in [2.45, 2.75) is 44.2 Å². The lowest BCUT2D eigenvalue weighted by molar-refractivity contribution is -0.277. The minimum absolute atomic E-state index is 0.00464. The number of esters is 1. The Kier molecular flexibility index (Phi) is 7.34. The minimum Gasteiger partial charge on any atom is -0.495 e. The van der Waals surface area contributed by atoms with Gasteiger partial charge in [-0.2, -0.15) is 0 Å². The number of aliphatic carboxylic acids is 1. The molecule has 1 saturated heterocycles. The van der Waals surface area contributed by atoms with E-state index in [9.17, 15) is 29.7 Å². The molecule has 160 valence electrons. The fraction of sp³-hybridized carbons (Fsp3) is 0.471. The maximum Gasteiger partial charge on any atom is 0.414 e. The van der Waals surface area contributed by atoms with Crippen LogP contribution in [0.4, 0.5) is 10.5 Å². The van der Waals surface area contributed by atoms with Crippen molar-refractivity contribution < 1.29 is 53.8 Å². The van der Waals surface area contributed by atoms with Crippen LogP contribution in [-0.4, -0.2) is 76.3 Å². The number of methoxy groups -OCH3 is 1. The van der Waals surface area contributed by atoms with E-state index in [1.807, 2.05) is 0 Å². The molecule has 1 aliphatic rings. The standard InChI is InChI=1S/C17H21NO11/c1-7(19)27-6-8-3-4-9(10(5-8)26-2)18-17(25)29-16-13(22)11(20)12(21)14(28-16)15(23)24/h3-5,11-14,16,20-22H,6H2,1-2H3,(H,18,25)(H,23,24)/t11-,12-,13+,14-,16-/m0/s1. The van der Waals surface area contributed by atoms with Gasteiger partial charge in [0.05, 0.1) is 12.8 Å². The van der Waals surface area contributed by atoms with Gasteiger partial charge in [0.2, 0.25) is 6.29 Å². The molecule has 1 fully saturated rings. The molecule has 1 aromatic rings. The molecular formula is C17H21NO11. The molecule has 29 heavy (non-hydrogen) atoms. The first-order chi connectivity index (χ1) is 13.6. The smallest absolute Gasteiger partial charge is 0.414 e. The highest BCUT2D eigenvalue weighted by molar-refractivity contribution is 5.87. The molecular weight excluding hydrogens is 394 g/mol. The number of carbonyl (C=O) groups excluding carboxylic acids is 2. The van der Waals surface area contributed by atoms with E-state index in [2.05, 4.69) is 5.32 Å². The zero-order valence-corrected chi connectivity index (χ0v) is 15.5. The predicted molar refractivity (Wildman–Crippen MR) is 92.9 cm³/mol. The van der Waals surface area contributed by atoms with Gasteiger partial charge in [0.15, 0.2) is 6.10 Å². The van der Waals surface area contributed by atoms with Crippen LogP contribution in [0.1, 0.15) is 12.5 Å². The van der Waals surface area contributed by atoms with Gasteiger partial charge in [-0.05, 0) is 17.7 Å². The Balaban J connectivity index is 2.06. The molecule has 0 radical (unpaired) electrons. The van der Waals surface area contributed by atoms with Crippen molar-refractivity contribution in [1.82, 2.24) is 0 Å².